The second kappa shape index (κ2) is 4.73. The molecular weight excluding hydrogens is 290 g/mol. The van der Waals surface area contributed by atoms with Gasteiger partial charge in [-0.2, -0.15) is 0 Å². The van der Waals surface area contributed by atoms with Crippen LogP contribution in [0, 0.1) is 27.6 Å². The van der Waals surface area contributed by atoms with Crippen LogP contribution in [0.5, 0.6) is 0 Å². The third-order valence-corrected chi connectivity index (χ3v) is 6.55. The smallest absolute Gasteiger partial charge is 0.226 e. The maximum absolute atomic E-state index is 13.1. The van der Waals surface area contributed by atoms with Crippen LogP contribution in [0.3, 0.4) is 0 Å². The van der Waals surface area contributed by atoms with Crippen molar-refractivity contribution in [1.82, 2.24) is 5.32 Å². The van der Waals surface area contributed by atoms with Gasteiger partial charge >= 0.3 is 0 Å². The van der Waals surface area contributed by atoms with Crippen molar-refractivity contribution in [2.75, 3.05) is 0 Å². The van der Waals surface area contributed by atoms with Gasteiger partial charge in [-0.15, -0.1) is 0 Å². The molecule has 1 N–H and O–H groups in total. The molecule has 1 atom stereocenters. The normalized spacial score (nSPS) is 46.0. The van der Waals surface area contributed by atoms with E-state index in [1.54, 1.807) is 0 Å². The van der Waals surface area contributed by atoms with E-state index in [1.165, 1.54) is 19.3 Å². The Morgan fingerprint density at radius 3 is 1.57 bits per heavy atom. The number of carbonyl (C=O) groups excluding carboxylic acids is 2. The highest BCUT2D eigenvalue weighted by Crippen LogP contribution is 2.73. The highest BCUT2D eigenvalue weighted by atomic mass is 16.4. The molecule has 4 aliphatic rings. The summed E-state index contributed by atoms with van der Waals surface area (Å²) >= 11 is 0. The highest BCUT2D eigenvalue weighted by Gasteiger charge is 2.66. The van der Waals surface area contributed by atoms with Crippen molar-refractivity contribution in [2.24, 2.45) is 27.6 Å². The molecule has 0 radical (unpaired) electrons. The molecule has 130 valence electrons. The quantitative estimate of drug-likeness (QED) is 0.864. The Balaban J connectivity index is 1.90. The average molecular weight is 320 g/mol. The van der Waals surface area contributed by atoms with Gasteiger partial charge in [-0.1, -0.05) is 34.6 Å². The van der Waals surface area contributed by atoms with E-state index in [9.17, 15) is 14.7 Å². The zero-order valence-corrected chi connectivity index (χ0v) is 15.1. The third kappa shape index (κ3) is 2.68. The van der Waals surface area contributed by atoms with Gasteiger partial charge in [0.15, 0.2) is 0 Å². The maximum Gasteiger partial charge on any atom is 0.226 e. The van der Waals surface area contributed by atoms with E-state index in [-0.39, 0.29) is 28.1 Å². The Morgan fingerprint density at radius 1 is 0.870 bits per heavy atom. The van der Waals surface area contributed by atoms with Gasteiger partial charge in [0.2, 0.25) is 5.91 Å². The number of hydrogen-bond acceptors (Lipinski definition) is 3. The van der Waals surface area contributed by atoms with Crippen molar-refractivity contribution in [3.8, 4) is 0 Å². The maximum atomic E-state index is 13.1. The molecule has 4 fully saturated rings. The lowest BCUT2D eigenvalue weighted by Gasteiger charge is -2.68. The fraction of sp³-hybridized carbons (Fsp3) is 0.895. The fourth-order valence-electron chi connectivity index (χ4n) is 7.32. The molecule has 0 aliphatic heterocycles. The lowest BCUT2D eigenvalue weighted by atomic mass is 9.36. The van der Waals surface area contributed by atoms with E-state index in [0.717, 1.165) is 19.3 Å². The number of aliphatic carboxylic acids is 1. The van der Waals surface area contributed by atoms with Gasteiger partial charge in [0, 0.05) is 0 Å². The monoisotopic (exact) mass is 320 g/mol. The number of hydrogen-bond donors (Lipinski definition) is 1. The molecule has 4 saturated carbocycles. The van der Waals surface area contributed by atoms with Crippen LogP contribution in [-0.2, 0) is 9.59 Å². The first-order valence-corrected chi connectivity index (χ1v) is 8.92. The van der Waals surface area contributed by atoms with Crippen LogP contribution in [0.25, 0.3) is 0 Å². The summed E-state index contributed by atoms with van der Waals surface area (Å²) in [5, 5.41) is 14.2. The Hall–Kier alpha value is -1.06. The SMILES string of the molecule is CC(C)[C@H](NC(=O)C12CC3(C)CC(C)(CC(C)(C3)C1)C2)C(=O)[O-]. The Morgan fingerprint density at radius 2 is 1.26 bits per heavy atom. The minimum Gasteiger partial charge on any atom is -0.548 e. The van der Waals surface area contributed by atoms with Gasteiger partial charge in [-0.05, 0) is 60.7 Å². The topological polar surface area (TPSA) is 69.2 Å². The lowest BCUT2D eigenvalue weighted by molar-refractivity contribution is -0.309. The summed E-state index contributed by atoms with van der Waals surface area (Å²) in [4.78, 5) is 24.5. The predicted octanol–water partition coefficient (Wildman–Crippen LogP) is 2.26. The summed E-state index contributed by atoms with van der Waals surface area (Å²) in [7, 11) is 0. The van der Waals surface area contributed by atoms with Gasteiger partial charge in [0.25, 0.3) is 0 Å². The van der Waals surface area contributed by atoms with E-state index >= 15 is 0 Å². The molecule has 23 heavy (non-hydrogen) atoms. The fourth-order valence-corrected chi connectivity index (χ4v) is 7.32. The van der Waals surface area contributed by atoms with Crippen LogP contribution in [0.1, 0.15) is 73.1 Å². The Kier molecular flexibility index (Phi) is 3.45. The molecule has 4 aliphatic carbocycles. The minimum atomic E-state index is -1.18. The molecule has 0 aromatic carbocycles. The first-order valence-electron chi connectivity index (χ1n) is 8.92. The Labute approximate surface area is 139 Å². The van der Waals surface area contributed by atoms with Gasteiger partial charge in [0.1, 0.15) is 0 Å². The molecule has 4 nitrogen and oxygen atoms in total. The second-order valence-electron chi connectivity index (χ2n) is 10.3. The summed E-state index contributed by atoms with van der Waals surface area (Å²) < 4.78 is 0. The van der Waals surface area contributed by atoms with Crippen LogP contribution < -0.4 is 10.4 Å². The van der Waals surface area contributed by atoms with Gasteiger partial charge in [-0.25, -0.2) is 0 Å². The van der Waals surface area contributed by atoms with E-state index in [4.69, 9.17) is 0 Å². The van der Waals surface area contributed by atoms with E-state index in [0.29, 0.717) is 0 Å². The van der Waals surface area contributed by atoms with E-state index in [1.807, 2.05) is 13.8 Å². The van der Waals surface area contributed by atoms with Crippen molar-refractivity contribution in [3.05, 3.63) is 0 Å². The summed E-state index contributed by atoms with van der Waals surface area (Å²) in [6.45, 7) is 10.6. The summed E-state index contributed by atoms with van der Waals surface area (Å²) in [6, 6.07) is -0.899. The number of carboxylic acids is 1. The van der Waals surface area contributed by atoms with Gasteiger partial charge in [0.05, 0.1) is 17.4 Å². The predicted molar refractivity (Wildman–Crippen MR) is 86.2 cm³/mol. The summed E-state index contributed by atoms with van der Waals surface area (Å²) in [5.74, 6) is -1.40. The molecule has 4 rings (SSSR count). The largest absolute Gasteiger partial charge is 0.548 e. The van der Waals surface area contributed by atoms with Gasteiger partial charge in [-0.3, -0.25) is 4.79 Å². The molecule has 4 bridgehead atoms. The number of carboxylic acid groups (broad SMARTS) is 1. The minimum absolute atomic E-state index is 0.0526. The van der Waals surface area contributed by atoms with Crippen LogP contribution >= 0.6 is 0 Å². The van der Waals surface area contributed by atoms with Crippen molar-refractivity contribution >= 4 is 11.9 Å². The van der Waals surface area contributed by atoms with Crippen molar-refractivity contribution < 1.29 is 14.7 Å². The van der Waals surface area contributed by atoms with Crippen LogP contribution in [0.4, 0.5) is 0 Å². The third-order valence-electron chi connectivity index (χ3n) is 6.55. The molecule has 4 heteroatoms. The molecule has 0 spiro atoms. The molecule has 0 aromatic rings. The second-order valence-corrected chi connectivity index (χ2v) is 10.3. The average Bonchev–Trinajstić information content (AvgIpc) is 2.28. The standard InChI is InChI=1S/C19H31NO3/c1-12(2)13(14(21)22)20-15(23)19-9-16(3)6-17(4,10-19)8-18(5,7-16)11-19/h12-13H,6-11H2,1-5H3,(H,20,23)(H,21,22)/p-1/t13-,16?,17?,18?,19?/m0/s1. The first kappa shape index (κ1) is 16.8. The number of amides is 1. The molecule has 1 amide bonds. The number of nitrogens with one attached hydrogen (secondary N) is 1. The van der Waals surface area contributed by atoms with Crippen molar-refractivity contribution in [1.29, 1.82) is 0 Å². The highest BCUT2D eigenvalue weighted by molar-refractivity contribution is 5.87. The number of carbonyl (C=O) groups is 2. The molecular formula is C19H30NO3-. The Bertz CT molecular complexity index is 499. The van der Waals surface area contributed by atoms with Crippen LogP contribution in [0.15, 0.2) is 0 Å². The van der Waals surface area contributed by atoms with Gasteiger partial charge < -0.3 is 15.2 Å². The molecule has 0 unspecified atom stereocenters. The summed E-state index contributed by atoms with van der Waals surface area (Å²) in [5.41, 5.74) is 0.245. The molecule has 0 saturated heterocycles. The zero-order valence-electron chi connectivity index (χ0n) is 15.1. The van der Waals surface area contributed by atoms with Crippen molar-refractivity contribution in [3.63, 3.8) is 0 Å². The lowest BCUT2D eigenvalue weighted by Crippen LogP contribution is -2.64. The van der Waals surface area contributed by atoms with E-state index in [2.05, 4.69) is 26.1 Å². The first-order chi connectivity index (χ1) is 10.4. The zero-order chi connectivity index (χ0) is 17.3. The number of rotatable bonds is 4. The van der Waals surface area contributed by atoms with Crippen LogP contribution in [-0.4, -0.2) is 17.9 Å². The molecule has 0 heterocycles. The summed E-state index contributed by atoms with van der Waals surface area (Å²) in [6.07, 6.45) is 6.27. The van der Waals surface area contributed by atoms with E-state index < -0.39 is 17.4 Å². The van der Waals surface area contributed by atoms with Crippen molar-refractivity contribution in [2.45, 2.75) is 79.2 Å². The van der Waals surface area contributed by atoms with Crippen LogP contribution in [0.2, 0.25) is 0 Å². The molecule has 0 aromatic heterocycles.